The van der Waals surface area contributed by atoms with E-state index in [0.29, 0.717) is 31.0 Å². The van der Waals surface area contributed by atoms with E-state index in [1.165, 1.54) is 0 Å². The summed E-state index contributed by atoms with van der Waals surface area (Å²) in [7, 11) is 0. The van der Waals surface area contributed by atoms with Gasteiger partial charge in [-0.15, -0.1) is 0 Å². The molecule has 1 saturated heterocycles. The lowest BCUT2D eigenvalue weighted by Crippen LogP contribution is -2.39. The van der Waals surface area contributed by atoms with Crippen molar-refractivity contribution in [3.63, 3.8) is 0 Å². The van der Waals surface area contributed by atoms with E-state index in [2.05, 4.69) is 9.97 Å². The van der Waals surface area contributed by atoms with Gasteiger partial charge < -0.3 is 15.6 Å². The molecule has 0 spiro atoms. The van der Waals surface area contributed by atoms with Crippen LogP contribution < -0.4 is 5.73 Å². The summed E-state index contributed by atoms with van der Waals surface area (Å²) in [5.74, 6) is 0.679. The van der Waals surface area contributed by atoms with Crippen molar-refractivity contribution >= 4 is 11.8 Å². The SMILES string of the molecule is Cc1cccc(-c2nc(C(=O)N3CCC(CC(N)=O)CC3)c(C)[nH]2)c1. The normalized spacial score (nSPS) is 15.4. The standard InChI is InChI=1S/C19H24N4O2/c1-12-4-3-5-15(10-12)18-21-13(2)17(22-18)19(25)23-8-6-14(7-9-23)11-16(20)24/h3-5,10,14H,6-9,11H2,1-2H3,(H2,20,24)(H,21,22). The number of primary amides is 1. The number of likely N-dealkylation sites (tertiary alicyclic amines) is 1. The molecule has 2 heterocycles. The highest BCUT2D eigenvalue weighted by molar-refractivity contribution is 5.94. The molecule has 0 unspecified atom stereocenters. The molecule has 0 atom stereocenters. The molecule has 1 aliphatic rings. The second-order valence-corrected chi connectivity index (χ2v) is 6.83. The minimum atomic E-state index is -0.268. The zero-order chi connectivity index (χ0) is 18.0. The topological polar surface area (TPSA) is 92.1 Å². The largest absolute Gasteiger partial charge is 0.370 e. The van der Waals surface area contributed by atoms with Gasteiger partial charge in [-0.3, -0.25) is 9.59 Å². The molecule has 1 aromatic carbocycles. The summed E-state index contributed by atoms with van der Waals surface area (Å²) >= 11 is 0. The number of H-pyrrole nitrogens is 1. The molecule has 3 rings (SSSR count). The lowest BCUT2D eigenvalue weighted by atomic mass is 9.93. The number of piperidine rings is 1. The molecule has 0 saturated carbocycles. The van der Waals surface area contributed by atoms with Gasteiger partial charge >= 0.3 is 0 Å². The monoisotopic (exact) mass is 340 g/mol. The van der Waals surface area contributed by atoms with E-state index in [-0.39, 0.29) is 17.7 Å². The summed E-state index contributed by atoms with van der Waals surface area (Å²) in [6.07, 6.45) is 2.02. The lowest BCUT2D eigenvalue weighted by Gasteiger charge is -2.31. The van der Waals surface area contributed by atoms with Gasteiger partial charge in [0.1, 0.15) is 11.5 Å². The van der Waals surface area contributed by atoms with Crippen molar-refractivity contribution < 1.29 is 9.59 Å². The third-order valence-electron chi connectivity index (χ3n) is 4.77. The van der Waals surface area contributed by atoms with Crippen LogP contribution in [0.15, 0.2) is 24.3 Å². The second-order valence-electron chi connectivity index (χ2n) is 6.83. The van der Waals surface area contributed by atoms with Crippen LogP contribution in [0, 0.1) is 19.8 Å². The number of carbonyl (C=O) groups excluding carboxylic acids is 2. The van der Waals surface area contributed by atoms with Crippen molar-refractivity contribution in [3.8, 4) is 11.4 Å². The second kappa shape index (κ2) is 7.09. The van der Waals surface area contributed by atoms with E-state index < -0.39 is 0 Å². The number of nitrogens with one attached hydrogen (secondary N) is 1. The molecule has 6 heteroatoms. The number of nitrogens with zero attached hydrogens (tertiary/aromatic N) is 2. The molecule has 0 aliphatic carbocycles. The first-order valence-electron chi connectivity index (χ1n) is 8.65. The maximum Gasteiger partial charge on any atom is 0.274 e. The summed E-state index contributed by atoms with van der Waals surface area (Å²) < 4.78 is 0. The Balaban J connectivity index is 1.72. The molecular formula is C19H24N4O2. The van der Waals surface area contributed by atoms with E-state index in [4.69, 9.17) is 5.73 Å². The highest BCUT2D eigenvalue weighted by Gasteiger charge is 2.27. The summed E-state index contributed by atoms with van der Waals surface area (Å²) in [4.78, 5) is 33.4. The van der Waals surface area contributed by atoms with Crippen LogP contribution in [0.4, 0.5) is 0 Å². The Labute approximate surface area is 147 Å². The smallest absolute Gasteiger partial charge is 0.274 e. The first-order valence-corrected chi connectivity index (χ1v) is 8.65. The molecule has 0 bridgehead atoms. The van der Waals surface area contributed by atoms with Gasteiger partial charge in [-0.25, -0.2) is 4.98 Å². The lowest BCUT2D eigenvalue weighted by molar-refractivity contribution is -0.119. The van der Waals surface area contributed by atoms with Crippen LogP contribution in [0.25, 0.3) is 11.4 Å². The fraction of sp³-hybridized carbons (Fsp3) is 0.421. The van der Waals surface area contributed by atoms with Crippen molar-refractivity contribution in [1.82, 2.24) is 14.9 Å². The number of hydrogen-bond donors (Lipinski definition) is 2. The number of hydrogen-bond acceptors (Lipinski definition) is 3. The average molecular weight is 340 g/mol. The fourth-order valence-corrected chi connectivity index (χ4v) is 3.37. The molecule has 3 N–H and O–H groups in total. The van der Waals surface area contributed by atoms with Gasteiger partial charge in [0.05, 0.1) is 0 Å². The zero-order valence-electron chi connectivity index (χ0n) is 14.7. The van der Waals surface area contributed by atoms with Gasteiger partial charge in [0, 0.05) is 30.8 Å². The van der Waals surface area contributed by atoms with Gasteiger partial charge in [-0.1, -0.05) is 23.8 Å². The Bertz CT molecular complexity index is 788. The van der Waals surface area contributed by atoms with Crippen molar-refractivity contribution in [2.24, 2.45) is 11.7 Å². The van der Waals surface area contributed by atoms with Gasteiger partial charge in [0.2, 0.25) is 5.91 Å². The summed E-state index contributed by atoms with van der Waals surface area (Å²) in [6.45, 7) is 5.19. The number of amides is 2. The van der Waals surface area contributed by atoms with Gasteiger partial charge in [0.15, 0.2) is 0 Å². The third kappa shape index (κ3) is 3.90. The number of aromatic nitrogens is 2. The van der Waals surface area contributed by atoms with Crippen LogP contribution in [0.2, 0.25) is 0 Å². The van der Waals surface area contributed by atoms with E-state index in [9.17, 15) is 9.59 Å². The van der Waals surface area contributed by atoms with Crippen LogP contribution in [0.3, 0.4) is 0 Å². The predicted molar refractivity (Wildman–Crippen MR) is 95.9 cm³/mol. The number of nitrogens with two attached hydrogens (primary N) is 1. The molecule has 6 nitrogen and oxygen atoms in total. The minimum Gasteiger partial charge on any atom is -0.370 e. The first kappa shape index (κ1) is 17.2. The van der Waals surface area contributed by atoms with E-state index in [1.807, 2.05) is 43.0 Å². The quantitative estimate of drug-likeness (QED) is 0.895. The summed E-state index contributed by atoms with van der Waals surface area (Å²) in [6, 6.07) is 8.03. The highest BCUT2D eigenvalue weighted by Crippen LogP contribution is 2.24. The highest BCUT2D eigenvalue weighted by atomic mass is 16.2. The first-order chi connectivity index (χ1) is 11.9. The average Bonchev–Trinajstić information content (AvgIpc) is 2.96. The summed E-state index contributed by atoms with van der Waals surface area (Å²) in [5, 5.41) is 0. The molecule has 25 heavy (non-hydrogen) atoms. The molecule has 1 aromatic heterocycles. The van der Waals surface area contributed by atoms with Crippen molar-refractivity contribution in [3.05, 3.63) is 41.2 Å². The third-order valence-corrected chi connectivity index (χ3v) is 4.77. The van der Waals surface area contributed by atoms with Crippen molar-refractivity contribution in [1.29, 1.82) is 0 Å². The Hall–Kier alpha value is -2.63. The molecule has 1 aliphatic heterocycles. The number of carbonyl (C=O) groups is 2. The number of rotatable bonds is 4. The number of aryl methyl sites for hydroxylation is 2. The maximum absolute atomic E-state index is 12.8. The minimum absolute atomic E-state index is 0.0508. The Morgan fingerprint density at radius 3 is 2.64 bits per heavy atom. The van der Waals surface area contributed by atoms with Gasteiger partial charge in [-0.2, -0.15) is 0 Å². The Morgan fingerprint density at radius 2 is 2.00 bits per heavy atom. The van der Waals surface area contributed by atoms with Crippen LogP contribution >= 0.6 is 0 Å². The number of benzene rings is 1. The summed E-state index contributed by atoms with van der Waals surface area (Å²) in [5.41, 5.74) is 8.64. The van der Waals surface area contributed by atoms with Crippen LogP contribution in [0.5, 0.6) is 0 Å². The number of aromatic amines is 1. The van der Waals surface area contributed by atoms with E-state index >= 15 is 0 Å². The molecule has 2 aromatic rings. The van der Waals surface area contributed by atoms with Gasteiger partial charge in [0.25, 0.3) is 5.91 Å². The number of imidazole rings is 1. The van der Waals surface area contributed by atoms with Crippen LogP contribution in [0.1, 0.15) is 41.0 Å². The Kier molecular flexibility index (Phi) is 4.88. The molecule has 132 valence electrons. The predicted octanol–water partition coefficient (Wildman–Crippen LogP) is 2.42. The van der Waals surface area contributed by atoms with E-state index in [0.717, 1.165) is 29.7 Å². The Morgan fingerprint density at radius 1 is 1.28 bits per heavy atom. The van der Waals surface area contributed by atoms with Crippen LogP contribution in [-0.4, -0.2) is 39.8 Å². The van der Waals surface area contributed by atoms with Crippen molar-refractivity contribution in [2.75, 3.05) is 13.1 Å². The molecular weight excluding hydrogens is 316 g/mol. The fourth-order valence-electron chi connectivity index (χ4n) is 3.37. The molecule has 1 fully saturated rings. The molecule has 0 radical (unpaired) electrons. The molecule has 2 amide bonds. The zero-order valence-corrected chi connectivity index (χ0v) is 14.7. The van der Waals surface area contributed by atoms with Crippen molar-refractivity contribution in [2.45, 2.75) is 33.1 Å². The van der Waals surface area contributed by atoms with Gasteiger partial charge in [-0.05, 0) is 38.7 Å². The van der Waals surface area contributed by atoms with Crippen LogP contribution in [-0.2, 0) is 4.79 Å². The van der Waals surface area contributed by atoms with E-state index in [1.54, 1.807) is 0 Å². The maximum atomic E-state index is 12.8.